The number of rotatable bonds is 8. The molecule has 0 spiro atoms. The molecule has 0 saturated carbocycles. The summed E-state index contributed by atoms with van der Waals surface area (Å²) in [6, 6.07) is 14.3. The van der Waals surface area contributed by atoms with E-state index in [0.717, 1.165) is 12.0 Å². The Labute approximate surface area is 184 Å². The number of morpholine rings is 1. The van der Waals surface area contributed by atoms with Crippen LogP contribution in [0.4, 0.5) is 5.69 Å². The number of hydrogen-bond donors (Lipinski definition) is 1. The maximum atomic E-state index is 13.2. The zero-order valence-corrected chi connectivity index (χ0v) is 19.0. The standard InChI is InChI=1S/C23H30N2O5S/c1-4-17(2)22(18-8-6-5-7-9-18)23(26)24-19-10-11-20(29-3)21(16-19)31(27,28)25-12-14-30-15-13-25/h5-11,16-17,22H,4,12-15H2,1-3H3,(H,24,26)/t17-,22-/m0/s1. The molecule has 0 bridgehead atoms. The van der Waals surface area contributed by atoms with Crippen LogP contribution in [0.2, 0.25) is 0 Å². The number of nitrogens with zero attached hydrogens (tertiary/aromatic N) is 1. The third-order valence-corrected chi connectivity index (χ3v) is 7.59. The first-order chi connectivity index (χ1) is 14.9. The Kier molecular flexibility index (Phi) is 7.69. The Morgan fingerprint density at radius 2 is 1.84 bits per heavy atom. The van der Waals surface area contributed by atoms with Crippen LogP contribution in [0.5, 0.6) is 5.75 Å². The fourth-order valence-corrected chi connectivity index (χ4v) is 5.33. The predicted molar refractivity (Wildman–Crippen MR) is 120 cm³/mol. The lowest BCUT2D eigenvalue weighted by atomic mass is 9.85. The monoisotopic (exact) mass is 446 g/mol. The van der Waals surface area contributed by atoms with Crippen molar-refractivity contribution in [2.75, 3.05) is 38.7 Å². The summed E-state index contributed by atoms with van der Waals surface area (Å²) < 4.78 is 38.3. The van der Waals surface area contributed by atoms with Gasteiger partial charge in [-0.25, -0.2) is 8.42 Å². The third-order valence-electron chi connectivity index (χ3n) is 5.67. The van der Waals surface area contributed by atoms with E-state index in [9.17, 15) is 13.2 Å². The number of methoxy groups -OCH3 is 1. The number of carbonyl (C=O) groups excluding carboxylic acids is 1. The molecule has 1 N–H and O–H groups in total. The zero-order chi connectivity index (χ0) is 22.4. The molecule has 0 aliphatic carbocycles. The van der Waals surface area contributed by atoms with Gasteiger partial charge in [-0.1, -0.05) is 50.6 Å². The molecule has 1 aliphatic heterocycles. The van der Waals surface area contributed by atoms with Gasteiger partial charge in [0.05, 0.1) is 26.2 Å². The second kappa shape index (κ2) is 10.3. The van der Waals surface area contributed by atoms with Gasteiger partial charge >= 0.3 is 0 Å². The second-order valence-corrected chi connectivity index (χ2v) is 9.55. The SMILES string of the molecule is CC[C@H](C)[C@H](C(=O)Nc1ccc(OC)c(S(=O)(=O)N2CCOCC2)c1)c1ccccc1. The van der Waals surface area contributed by atoms with Gasteiger partial charge in [0.1, 0.15) is 10.6 Å². The average Bonchev–Trinajstić information content (AvgIpc) is 2.80. The summed E-state index contributed by atoms with van der Waals surface area (Å²) in [5.74, 6) is -0.142. The van der Waals surface area contributed by atoms with Gasteiger partial charge < -0.3 is 14.8 Å². The topological polar surface area (TPSA) is 84.9 Å². The van der Waals surface area contributed by atoms with Crippen molar-refractivity contribution in [2.24, 2.45) is 5.92 Å². The molecule has 2 aromatic carbocycles. The molecule has 8 heteroatoms. The molecule has 31 heavy (non-hydrogen) atoms. The molecule has 1 heterocycles. The van der Waals surface area contributed by atoms with Crippen LogP contribution in [0.1, 0.15) is 31.7 Å². The van der Waals surface area contributed by atoms with Gasteiger partial charge in [0, 0.05) is 18.8 Å². The van der Waals surface area contributed by atoms with Crippen LogP contribution < -0.4 is 10.1 Å². The summed E-state index contributed by atoms with van der Waals surface area (Å²) in [4.78, 5) is 13.2. The molecule has 3 rings (SSSR count). The summed E-state index contributed by atoms with van der Waals surface area (Å²) in [6.07, 6.45) is 0.840. The van der Waals surface area contributed by atoms with E-state index < -0.39 is 10.0 Å². The van der Waals surface area contributed by atoms with Crippen LogP contribution in [0, 0.1) is 5.92 Å². The fourth-order valence-electron chi connectivity index (χ4n) is 3.74. The van der Waals surface area contributed by atoms with Crippen molar-refractivity contribution in [3.05, 3.63) is 54.1 Å². The molecule has 1 saturated heterocycles. The Bertz CT molecular complexity index is 988. The van der Waals surface area contributed by atoms with Crippen LogP contribution in [0.3, 0.4) is 0 Å². The van der Waals surface area contributed by atoms with E-state index in [0.29, 0.717) is 18.9 Å². The highest BCUT2D eigenvalue weighted by molar-refractivity contribution is 7.89. The van der Waals surface area contributed by atoms with Crippen molar-refractivity contribution in [1.82, 2.24) is 4.31 Å². The van der Waals surface area contributed by atoms with Crippen LogP contribution in [0.15, 0.2) is 53.4 Å². The average molecular weight is 447 g/mol. The highest BCUT2D eigenvalue weighted by atomic mass is 32.2. The van der Waals surface area contributed by atoms with Gasteiger partial charge in [0.25, 0.3) is 0 Å². The lowest BCUT2D eigenvalue weighted by Gasteiger charge is -2.27. The van der Waals surface area contributed by atoms with Crippen molar-refractivity contribution in [2.45, 2.75) is 31.1 Å². The largest absolute Gasteiger partial charge is 0.495 e. The highest BCUT2D eigenvalue weighted by Crippen LogP contribution is 2.32. The van der Waals surface area contributed by atoms with Gasteiger partial charge in [-0.2, -0.15) is 4.31 Å². The number of nitrogens with one attached hydrogen (secondary N) is 1. The fraction of sp³-hybridized carbons (Fsp3) is 0.435. The highest BCUT2D eigenvalue weighted by Gasteiger charge is 2.30. The zero-order valence-electron chi connectivity index (χ0n) is 18.2. The van der Waals surface area contributed by atoms with Crippen LogP contribution in [-0.4, -0.2) is 52.0 Å². The van der Waals surface area contributed by atoms with Crippen LogP contribution in [0.25, 0.3) is 0 Å². The van der Waals surface area contributed by atoms with Gasteiger partial charge in [-0.15, -0.1) is 0 Å². The van der Waals surface area contributed by atoms with E-state index >= 15 is 0 Å². The van der Waals surface area contributed by atoms with E-state index in [-0.39, 0.29) is 41.5 Å². The van der Waals surface area contributed by atoms with E-state index in [1.807, 2.05) is 44.2 Å². The molecule has 0 aromatic heterocycles. The molecule has 1 amide bonds. The molecule has 2 atom stereocenters. The number of sulfonamides is 1. The van der Waals surface area contributed by atoms with E-state index in [1.165, 1.54) is 17.5 Å². The lowest BCUT2D eigenvalue weighted by Crippen LogP contribution is -2.40. The summed E-state index contributed by atoms with van der Waals surface area (Å²) in [6.45, 7) is 5.36. The quantitative estimate of drug-likeness (QED) is 0.671. The Balaban J connectivity index is 1.91. The maximum absolute atomic E-state index is 13.2. The van der Waals surface area contributed by atoms with Gasteiger partial charge in [-0.05, 0) is 29.7 Å². The van der Waals surface area contributed by atoms with E-state index in [4.69, 9.17) is 9.47 Å². The van der Waals surface area contributed by atoms with Crippen molar-refractivity contribution in [1.29, 1.82) is 0 Å². The number of hydrogen-bond acceptors (Lipinski definition) is 5. The summed E-state index contributed by atoms with van der Waals surface area (Å²) in [5.41, 5.74) is 1.35. The Hall–Kier alpha value is -2.42. The molecule has 7 nitrogen and oxygen atoms in total. The van der Waals surface area contributed by atoms with Crippen molar-refractivity contribution in [3.8, 4) is 5.75 Å². The summed E-state index contributed by atoms with van der Waals surface area (Å²) in [5, 5.41) is 2.92. The molecular formula is C23H30N2O5S. The summed E-state index contributed by atoms with van der Waals surface area (Å²) in [7, 11) is -2.35. The molecule has 1 aliphatic rings. The number of ether oxygens (including phenoxy) is 2. The van der Waals surface area contributed by atoms with E-state index in [1.54, 1.807) is 12.1 Å². The number of amides is 1. The molecule has 1 fully saturated rings. The van der Waals surface area contributed by atoms with Crippen LogP contribution in [-0.2, 0) is 19.6 Å². The third kappa shape index (κ3) is 5.26. The van der Waals surface area contributed by atoms with Crippen molar-refractivity contribution in [3.63, 3.8) is 0 Å². The first-order valence-corrected chi connectivity index (χ1v) is 11.9. The maximum Gasteiger partial charge on any atom is 0.246 e. The van der Waals surface area contributed by atoms with E-state index in [2.05, 4.69) is 5.32 Å². The van der Waals surface area contributed by atoms with Crippen molar-refractivity contribution < 1.29 is 22.7 Å². The molecule has 168 valence electrons. The first-order valence-electron chi connectivity index (χ1n) is 10.5. The van der Waals surface area contributed by atoms with Gasteiger partial charge in [-0.3, -0.25) is 4.79 Å². The first kappa shape index (κ1) is 23.2. The number of anilines is 1. The minimum Gasteiger partial charge on any atom is -0.495 e. The molecule has 0 radical (unpaired) electrons. The normalized spacial score (nSPS) is 17.0. The number of benzene rings is 2. The smallest absolute Gasteiger partial charge is 0.246 e. The van der Waals surface area contributed by atoms with Crippen LogP contribution >= 0.6 is 0 Å². The molecule has 0 unspecified atom stereocenters. The van der Waals surface area contributed by atoms with Crippen molar-refractivity contribution >= 4 is 21.6 Å². The lowest BCUT2D eigenvalue weighted by molar-refractivity contribution is -0.118. The van der Waals surface area contributed by atoms with Gasteiger partial charge in [0.2, 0.25) is 15.9 Å². The molecule has 2 aromatic rings. The summed E-state index contributed by atoms with van der Waals surface area (Å²) >= 11 is 0. The van der Waals surface area contributed by atoms with Gasteiger partial charge in [0.15, 0.2) is 0 Å². The predicted octanol–water partition coefficient (Wildman–Crippen LogP) is 3.48. The molecular weight excluding hydrogens is 416 g/mol. The minimum atomic E-state index is -3.78. The number of carbonyl (C=O) groups is 1. The minimum absolute atomic E-state index is 0.0366. The second-order valence-electron chi connectivity index (χ2n) is 7.65. The Morgan fingerprint density at radius 3 is 2.45 bits per heavy atom. The Morgan fingerprint density at radius 1 is 1.16 bits per heavy atom.